The van der Waals surface area contributed by atoms with Crippen LogP contribution in [0.4, 0.5) is 0 Å². The fourth-order valence-electron chi connectivity index (χ4n) is 3.03. The zero-order valence-electron chi connectivity index (χ0n) is 10.7. The van der Waals surface area contributed by atoms with Crippen LogP contribution in [0.3, 0.4) is 0 Å². The summed E-state index contributed by atoms with van der Waals surface area (Å²) in [5.74, 6) is 0.496. The number of carbonyl (C=O) groups excluding carboxylic acids is 1. The lowest BCUT2D eigenvalue weighted by Crippen LogP contribution is -2.38. The summed E-state index contributed by atoms with van der Waals surface area (Å²) in [6, 6.07) is 2.16. The summed E-state index contributed by atoms with van der Waals surface area (Å²) in [6.07, 6.45) is 4.44. The van der Waals surface area contributed by atoms with Gasteiger partial charge < -0.3 is 10.2 Å². The van der Waals surface area contributed by atoms with E-state index in [1.807, 2.05) is 11.3 Å². The van der Waals surface area contributed by atoms with Crippen molar-refractivity contribution in [1.29, 1.82) is 0 Å². The van der Waals surface area contributed by atoms with Crippen molar-refractivity contribution in [1.82, 2.24) is 10.2 Å². The Balaban J connectivity index is 1.77. The van der Waals surface area contributed by atoms with Crippen LogP contribution in [-0.2, 0) is 11.2 Å². The molecular weight excluding hydrogens is 244 g/mol. The van der Waals surface area contributed by atoms with Crippen molar-refractivity contribution in [3.63, 3.8) is 0 Å². The van der Waals surface area contributed by atoms with E-state index in [9.17, 15) is 4.79 Å². The molecule has 1 N–H and O–H groups in total. The molecule has 1 amide bonds. The van der Waals surface area contributed by atoms with Crippen molar-refractivity contribution < 1.29 is 4.79 Å². The van der Waals surface area contributed by atoms with Gasteiger partial charge in [-0.1, -0.05) is 0 Å². The maximum atomic E-state index is 12.7. The average molecular weight is 264 g/mol. The predicted molar refractivity (Wildman–Crippen MR) is 74.1 cm³/mol. The van der Waals surface area contributed by atoms with Crippen LogP contribution in [0.5, 0.6) is 0 Å². The number of fused-ring (bicyclic) bond motifs is 1. The van der Waals surface area contributed by atoms with Gasteiger partial charge in [-0.25, -0.2) is 0 Å². The highest BCUT2D eigenvalue weighted by Crippen LogP contribution is 2.36. The second kappa shape index (κ2) is 5.41. The molecule has 1 saturated heterocycles. The van der Waals surface area contributed by atoms with Gasteiger partial charge in [0.1, 0.15) is 0 Å². The highest BCUT2D eigenvalue weighted by atomic mass is 32.1. The minimum Gasteiger partial charge on any atom is -0.341 e. The summed E-state index contributed by atoms with van der Waals surface area (Å²) in [4.78, 5) is 16.2. The van der Waals surface area contributed by atoms with E-state index in [0.717, 1.165) is 45.4 Å². The first-order valence-corrected chi connectivity index (χ1v) is 7.80. The van der Waals surface area contributed by atoms with Crippen LogP contribution in [0.1, 0.15) is 35.6 Å². The van der Waals surface area contributed by atoms with Gasteiger partial charge in [-0.15, -0.1) is 11.3 Å². The van der Waals surface area contributed by atoms with Crippen molar-refractivity contribution >= 4 is 17.2 Å². The van der Waals surface area contributed by atoms with E-state index in [2.05, 4.69) is 21.7 Å². The van der Waals surface area contributed by atoms with Gasteiger partial charge in [0, 0.05) is 24.5 Å². The number of hydrogen-bond donors (Lipinski definition) is 1. The van der Waals surface area contributed by atoms with Gasteiger partial charge in [0.2, 0.25) is 5.91 Å². The standard InChI is InChI=1S/C14H20N2OS/c17-14(16-8-2-6-15-7-9-16)12-3-1-4-13-11(12)5-10-18-13/h5,10,12,15H,1-4,6-9H2. The first-order valence-electron chi connectivity index (χ1n) is 6.92. The van der Waals surface area contributed by atoms with Crippen LogP contribution < -0.4 is 5.32 Å². The molecule has 1 fully saturated rings. The third-order valence-corrected chi connectivity index (χ3v) is 5.00. The second-order valence-electron chi connectivity index (χ2n) is 5.17. The monoisotopic (exact) mass is 264 g/mol. The summed E-state index contributed by atoms with van der Waals surface area (Å²) < 4.78 is 0. The lowest BCUT2D eigenvalue weighted by Gasteiger charge is -2.28. The molecule has 0 saturated carbocycles. The van der Waals surface area contributed by atoms with Crippen molar-refractivity contribution in [2.75, 3.05) is 26.2 Å². The minimum absolute atomic E-state index is 0.137. The molecule has 1 aliphatic carbocycles. The number of nitrogens with one attached hydrogen (secondary N) is 1. The van der Waals surface area contributed by atoms with E-state index in [4.69, 9.17) is 0 Å². The zero-order valence-corrected chi connectivity index (χ0v) is 11.5. The maximum Gasteiger partial charge on any atom is 0.230 e. The van der Waals surface area contributed by atoms with Crippen molar-refractivity contribution in [3.8, 4) is 0 Å². The molecule has 2 heterocycles. The normalized spacial score (nSPS) is 24.4. The Morgan fingerprint density at radius 2 is 2.28 bits per heavy atom. The fourth-order valence-corrected chi connectivity index (χ4v) is 4.02. The van der Waals surface area contributed by atoms with Crippen molar-refractivity contribution in [2.24, 2.45) is 0 Å². The molecule has 4 heteroatoms. The van der Waals surface area contributed by atoms with E-state index >= 15 is 0 Å². The summed E-state index contributed by atoms with van der Waals surface area (Å²) in [5.41, 5.74) is 1.31. The first-order chi connectivity index (χ1) is 8.86. The maximum absolute atomic E-state index is 12.7. The number of thiophene rings is 1. The number of rotatable bonds is 1. The molecule has 0 aromatic carbocycles. The van der Waals surface area contributed by atoms with Gasteiger partial charge in [-0.05, 0) is 49.2 Å². The molecule has 18 heavy (non-hydrogen) atoms. The Hall–Kier alpha value is -0.870. The minimum atomic E-state index is 0.137. The predicted octanol–water partition coefficient (Wildman–Crippen LogP) is 1.99. The molecular formula is C14H20N2OS. The third kappa shape index (κ3) is 2.31. The average Bonchev–Trinajstić information content (AvgIpc) is 2.71. The fraction of sp³-hybridized carbons (Fsp3) is 0.643. The van der Waals surface area contributed by atoms with E-state index in [-0.39, 0.29) is 5.92 Å². The molecule has 98 valence electrons. The lowest BCUT2D eigenvalue weighted by atomic mass is 9.86. The van der Waals surface area contributed by atoms with Crippen LogP contribution >= 0.6 is 11.3 Å². The van der Waals surface area contributed by atoms with Crippen LogP contribution in [0.15, 0.2) is 11.4 Å². The smallest absolute Gasteiger partial charge is 0.230 e. The van der Waals surface area contributed by atoms with Gasteiger partial charge in [-0.2, -0.15) is 0 Å². The van der Waals surface area contributed by atoms with Gasteiger partial charge in [0.15, 0.2) is 0 Å². The Morgan fingerprint density at radius 1 is 1.33 bits per heavy atom. The number of carbonyl (C=O) groups is 1. The molecule has 1 aliphatic heterocycles. The van der Waals surface area contributed by atoms with Crippen LogP contribution in [0.25, 0.3) is 0 Å². The Labute approximate surface area is 112 Å². The molecule has 1 aromatic heterocycles. The molecule has 0 spiro atoms. The van der Waals surface area contributed by atoms with Crippen molar-refractivity contribution in [3.05, 3.63) is 21.9 Å². The topological polar surface area (TPSA) is 32.3 Å². The number of amides is 1. The molecule has 0 radical (unpaired) electrons. The first kappa shape index (κ1) is 12.2. The van der Waals surface area contributed by atoms with Crippen molar-refractivity contribution in [2.45, 2.75) is 31.6 Å². The van der Waals surface area contributed by atoms with Gasteiger partial charge >= 0.3 is 0 Å². The SMILES string of the molecule is O=C(C1CCCc2sccc21)N1CCCNCC1. The van der Waals surface area contributed by atoms with Gasteiger partial charge in [0.05, 0.1) is 5.92 Å². The Morgan fingerprint density at radius 3 is 3.22 bits per heavy atom. The molecule has 2 aliphatic rings. The van der Waals surface area contributed by atoms with E-state index in [1.54, 1.807) is 0 Å². The van der Waals surface area contributed by atoms with E-state index in [1.165, 1.54) is 16.9 Å². The molecule has 1 atom stereocenters. The third-order valence-electron chi connectivity index (χ3n) is 4.00. The van der Waals surface area contributed by atoms with Crippen LogP contribution in [0, 0.1) is 0 Å². The quantitative estimate of drug-likeness (QED) is 0.841. The molecule has 3 rings (SSSR count). The zero-order chi connectivity index (χ0) is 12.4. The largest absolute Gasteiger partial charge is 0.341 e. The van der Waals surface area contributed by atoms with Gasteiger partial charge in [-0.3, -0.25) is 4.79 Å². The number of hydrogen-bond acceptors (Lipinski definition) is 3. The highest BCUT2D eigenvalue weighted by Gasteiger charge is 2.30. The molecule has 1 aromatic rings. The summed E-state index contributed by atoms with van der Waals surface area (Å²) >= 11 is 1.81. The summed E-state index contributed by atoms with van der Waals surface area (Å²) in [6.45, 7) is 3.77. The number of aryl methyl sites for hydroxylation is 1. The summed E-state index contributed by atoms with van der Waals surface area (Å²) in [7, 11) is 0. The lowest BCUT2D eigenvalue weighted by molar-refractivity contribution is -0.133. The number of nitrogens with zero attached hydrogens (tertiary/aromatic N) is 1. The van der Waals surface area contributed by atoms with Crippen LogP contribution in [-0.4, -0.2) is 37.0 Å². The second-order valence-corrected chi connectivity index (χ2v) is 6.17. The molecule has 1 unspecified atom stereocenters. The highest BCUT2D eigenvalue weighted by molar-refractivity contribution is 7.10. The van der Waals surface area contributed by atoms with Gasteiger partial charge in [0.25, 0.3) is 0 Å². The Bertz CT molecular complexity index is 421. The summed E-state index contributed by atoms with van der Waals surface area (Å²) in [5, 5.41) is 5.50. The van der Waals surface area contributed by atoms with E-state index in [0.29, 0.717) is 5.91 Å². The Kier molecular flexibility index (Phi) is 3.66. The van der Waals surface area contributed by atoms with E-state index < -0.39 is 0 Å². The molecule has 0 bridgehead atoms. The molecule has 3 nitrogen and oxygen atoms in total. The van der Waals surface area contributed by atoms with Crippen LogP contribution in [0.2, 0.25) is 0 Å².